The van der Waals surface area contributed by atoms with Crippen LogP contribution < -0.4 is 0 Å². The molecule has 0 radical (unpaired) electrons. The average Bonchev–Trinajstić information content (AvgIpc) is 3.50. The average molecular weight is 596 g/mol. The van der Waals surface area contributed by atoms with Crippen molar-refractivity contribution >= 4 is 50.8 Å². The number of hydrazine groups is 1. The molecular formula is C30H33N3O6S2. The van der Waals surface area contributed by atoms with Crippen molar-refractivity contribution in [2.75, 3.05) is 26.2 Å². The van der Waals surface area contributed by atoms with Crippen LogP contribution >= 0.6 is 12.2 Å². The molecule has 2 atom stereocenters. The van der Waals surface area contributed by atoms with Gasteiger partial charge < -0.3 is 9.90 Å². The number of fused-ring (bicyclic) bond motifs is 2. The summed E-state index contributed by atoms with van der Waals surface area (Å²) in [6, 6.07) is 14.0. The van der Waals surface area contributed by atoms with Crippen molar-refractivity contribution in [2.45, 2.75) is 51.0 Å². The maximum Gasteiger partial charge on any atom is 0.261 e. The minimum absolute atomic E-state index is 0.0645. The van der Waals surface area contributed by atoms with E-state index in [4.69, 9.17) is 12.2 Å². The van der Waals surface area contributed by atoms with E-state index in [-0.39, 0.29) is 46.3 Å². The van der Waals surface area contributed by atoms with Crippen molar-refractivity contribution in [3.63, 3.8) is 0 Å². The topological polar surface area (TPSA) is 115 Å². The van der Waals surface area contributed by atoms with E-state index < -0.39 is 22.5 Å². The van der Waals surface area contributed by atoms with Crippen LogP contribution in [-0.4, -0.2) is 83.1 Å². The molecule has 3 aliphatic rings. The summed E-state index contributed by atoms with van der Waals surface area (Å²) in [7, 11) is -4.27. The highest BCUT2D eigenvalue weighted by atomic mass is 32.2. The lowest BCUT2D eigenvalue weighted by Crippen LogP contribution is -2.50. The van der Waals surface area contributed by atoms with Crippen LogP contribution in [0, 0.1) is 0 Å². The number of unbranched alkanes of at least 4 members (excludes halogenated alkanes) is 1. The molecule has 2 heterocycles. The maximum absolute atomic E-state index is 14.2. The van der Waals surface area contributed by atoms with Gasteiger partial charge in [-0.05, 0) is 55.9 Å². The molecule has 2 aromatic carbocycles. The Morgan fingerprint density at radius 3 is 2.24 bits per heavy atom. The zero-order valence-corrected chi connectivity index (χ0v) is 24.5. The lowest BCUT2D eigenvalue weighted by molar-refractivity contribution is -0.110. The molecule has 9 nitrogen and oxygen atoms in total. The van der Waals surface area contributed by atoms with Gasteiger partial charge in [-0.1, -0.05) is 55.0 Å². The number of hydrogen-bond donors (Lipinski definition) is 1. The van der Waals surface area contributed by atoms with Crippen molar-refractivity contribution in [3.8, 4) is 0 Å². The van der Waals surface area contributed by atoms with Gasteiger partial charge in [-0.15, -0.1) is 4.41 Å². The fourth-order valence-electron chi connectivity index (χ4n) is 6.19. The molecular weight excluding hydrogens is 562 g/mol. The smallest absolute Gasteiger partial charge is 0.261 e. The Balaban J connectivity index is 1.40. The van der Waals surface area contributed by atoms with Crippen molar-refractivity contribution in [3.05, 3.63) is 75.7 Å². The minimum Gasteiger partial charge on any atom is -0.392 e. The van der Waals surface area contributed by atoms with Crippen molar-refractivity contribution < 1.29 is 27.9 Å². The molecule has 11 heteroatoms. The standard InChI is InChI=1S/C30H33N3O6S2/c1-20-9-8-16-32(20)33(17-18-34)41(38,39)28-26(19-35)22-11-3-2-10-21(22)23(27(28)40)12-6-7-15-31-29(36)24-13-4-5-14-25(24)30(31)37/h2-5,10-11,13-14,18,20,23,35H,6-9,12,15-17,19H2,1H3. The third-order valence-corrected chi connectivity index (χ3v) is 10.7. The normalized spacial score (nSPS) is 21.1. The van der Waals surface area contributed by atoms with Crippen LogP contribution in [0.3, 0.4) is 0 Å². The molecule has 41 heavy (non-hydrogen) atoms. The monoisotopic (exact) mass is 595 g/mol. The lowest BCUT2D eigenvalue weighted by atomic mass is 9.80. The Morgan fingerprint density at radius 1 is 1.02 bits per heavy atom. The molecule has 0 saturated carbocycles. The second-order valence-electron chi connectivity index (χ2n) is 10.6. The van der Waals surface area contributed by atoms with E-state index >= 15 is 0 Å². The van der Waals surface area contributed by atoms with Crippen molar-refractivity contribution in [1.29, 1.82) is 0 Å². The van der Waals surface area contributed by atoms with E-state index in [1.165, 1.54) is 4.90 Å². The number of allylic oxidation sites excluding steroid dienone is 1. The van der Waals surface area contributed by atoms with Gasteiger partial charge in [0.15, 0.2) is 0 Å². The number of imide groups is 1. The molecule has 1 saturated heterocycles. The number of hydrogen-bond acceptors (Lipinski definition) is 8. The van der Waals surface area contributed by atoms with E-state index in [9.17, 15) is 27.9 Å². The number of thiocarbonyl (C=S) groups is 1. The quantitative estimate of drug-likeness (QED) is 0.182. The van der Waals surface area contributed by atoms with E-state index in [2.05, 4.69) is 0 Å². The number of amides is 2. The molecule has 2 aliphatic heterocycles. The predicted molar refractivity (Wildman–Crippen MR) is 159 cm³/mol. The van der Waals surface area contributed by atoms with Gasteiger partial charge in [0.05, 0.1) is 24.3 Å². The molecule has 1 fully saturated rings. The molecule has 1 N–H and O–H groups in total. The molecule has 0 bridgehead atoms. The second-order valence-corrected chi connectivity index (χ2v) is 12.8. The SMILES string of the molecule is CC1CCCN1N(CC=O)S(=O)(=O)C1=C(CO)c2ccccc2C(CCCCN2C(=O)c3ccccc3C2=O)C1=S. The van der Waals surface area contributed by atoms with Crippen molar-refractivity contribution in [1.82, 2.24) is 14.3 Å². The van der Waals surface area contributed by atoms with E-state index in [1.54, 1.807) is 41.4 Å². The Bertz CT molecular complexity index is 1500. The minimum atomic E-state index is -4.27. The number of nitrogens with zero attached hydrogens (tertiary/aromatic N) is 3. The van der Waals surface area contributed by atoms with Gasteiger partial charge in [0.25, 0.3) is 21.8 Å². The van der Waals surface area contributed by atoms with E-state index in [0.29, 0.717) is 48.8 Å². The zero-order valence-electron chi connectivity index (χ0n) is 22.9. The summed E-state index contributed by atoms with van der Waals surface area (Å²) in [5.74, 6) is -1.04. The van der Waals surface area contributed by atoms with Gasteiger partial charge in [-0.2, -0.15) is 0 Å². The number of aldehydes is 1. The molecule has 2 unspecified atom stereocenters. The first-order chi connectivity index (χ1) is 19.7. The highest BCUT2D eigenvalue weighted by molar-refractivity contribution is 7.96. The first kappa shape index (κ1) is 29.4. The van der Waals surface area contributed by atoms with Crippen LogP contribution in [0.2, 0.25) is 0 Å². The third-order valence-electron chi connectivity index (χ3n) is 8.21. The summed E-state index contributed by atoms with van der Waals surface area (Å²) in [6.45, 7) is 1.80. The molecule has 216 valence electrons. The Hall–Kier alpha value is -3.09. The van der Waals surface area contributed by atoms with Crippen LogP contribution in [0.15, 0.2) is 53.4 Å². The highest BCUT2D eigenvalue weighted by Gasteiger charge is 2.43. The van der Waals surface area contributed by atoms with Gasteiger partial charge in [0.1, 0.15) is 11.2 Å². The summed E-state index contributed by atoms with van der Waals surface area (Å²) in [6.07, 6.45) is 3.77. The zero-order chi connectivity index (χ0) is 29.3. The number of aliphatic hydroxyl groups is 1. The summed E-state index contributed by atoms with van der Waals surface area (Å²) in [4.78, 5) is 38.5. The number of carbonyl (C=O) groups excluding carboxylic acids is 3. The van der Waals surface area contributed by atoms with Gasteiger partial charge in [0.2, 0.25) is 0 Å². The van der Waals surface area contributed by atoms with Gasteiger partial charge >= 0.3 is 0 Å². The van der Waals surface area contributed by atoms with Crippen LogP contribution in [0.4, 0.5) is 0 Å². The van der Waals surface area contributed by atoms with Gasteiger partial charge in [-0.3, -0.25) is 14.5 Å². The van der Waals surface area contributed by atoms with Crippen molar-refractivity contribution in [2.24, 2.45) is 0 Å². The molecule has 5 rings (SSSR count). The summed E-state index contributed by atoms with van der Waals surface area (Å²) < 4.78 is 29.5. The fourth-order valence-corrected chi connectivity index (χ4v) is 8.75. The van der Waals surface area contributed by atoms with E-state index in [0.717, 1.165) is 22.8 Å². The number of sulfonamides is 1. The van der Waals surface area contributed by atoms with Crippen LogP contribution in [0.25, 0.3) is 5.57 Å². The predicted octanol–water partition coefficient (Wildman–Crippen LogP) is 3.55. The maximum atomic E-state index is 14.2. The number of aliphatic hydroxyl groups excluding tert-OH is 1. The molecule has 0 aromatic heterocycles. The summed E-state index contributed by atoms with van der Waals surface area (Å²) in [5, 5.41) is 12.1. The molecule has 2 amide bonds. The second kappa shape index (κ2) is 12.0. The Labute approximate surface area is 245 Å². The molecule has 1 aliphatic carbocycles. The highest BCUT2D eigenvalue weighted by Crippen LogP contribution is 2.43. The first-order valence-corrected chi connectivity index (χ1v) is 15.7. The largest absolute Gasteiger partial charge is 0.392 e. The number of carbonyl (C=O) groups is 3. The van der Waals surface area contributed by atoms with Crippen LogP contribution in [-0.2, 0) is 14.8 Å². The summed E-state index contributed by atoms with van der Waals surface area (Å²) >= 11 is 5.87. The van der Waals surface area contributed by atoms with Crippen LogP contribution in [0.1, 0.15) is 76.8 Å². The molecule has 2 aromatic rings. The third kappa shape index (κ3) is 5.21. The summed E-state index contributed by atoms with van der Waals surface area (Å²) in [5.41, 5.74) is 2.49. The van der Waals surface area contributed by atoms with Crippen LogP contribution in [0.5, 0.6) is 0 Å². The first-order valence-electron chi connectivity index (χ1n) is 13.9. The Morgan fingerprint density at radius 2 is 1.66 bits per heavy atom. The lowest BCUT2D eigenvalue weighted by Gasteiger charge is -2.37. The number of benzene rings is 2. The fraction of sp³-hybridized carbons (Fsp3) is 0.400. The van der Waals surface area contributed by atoms with Gasteiger partial charge in [-0.25, -0.2) is 13.4 Å². The molecule has 0 spiro atoms. The number of rotatable bonds is 11. The van der Waals surface area contributed by atoms with E-state index in [1.807, 2.05) is 19.1 Å². The Kier molecular flexibility index (Phi) is 8.62. The van der Waals surface area contributed by atoms with Gasteiger partial charge in [0, 0.05) is 35.5 Å².